The fraction of sp³-hybridized carbons (Fsp3) is 0.389. The van der Waals surface area contributed by atoms with E-state index in [0.29, 0.717) is 6.42 Å². The zero-order valence-corrected chi connectivity index (χ0v) is 13.0. The van der Waals surface area contributed by atoms with Crippen molar-refractivity contribution in [2.75, 3.05) is 0 Å². The van der Waals surface area contributed by atoms with Crippen molar-refractivity contribution in [3.8, 4) is 0 Å². The molecule has 0 aliphatic heterocycles. The van der Waals surface area contributed by atoms with Crippen LogP contribution in [0.4, 0.5) is 0 Å². The quantitative estimate of drug-likeness (QED) is 0.749. The Morgan fingerprint density at radius 2 is 1.85 bits per heavy atom. The van der Waals surface area contributed by atoms with Crippen molar-refractivity contribution >= 4 is 17.1 Å². The molecule has 0 bridgehead atoms. The number of carbonyl (C=O) groups is 1. The van der Waals surface area contributed by atoms with Gasteiger partial charge in [-0.15, -0.1) is 11.3 Å². The van der Waals surface area contributed by atoms with E-state index in [1.165, 1.54) is 40.0 Å². The van der Waals surface area contributed by atoms with E-state index < -0.39 is 0 Å². The second-order valence-electron chi connectivity index (χ2n) is 5.74. The van der Waals surface area contributed by atoms with Crippen LogP contribution in [-0.2, 0) is 19.3 Å². The van der Waals surface area contributed by atoms with Crippen LogP contribution < -0.4 is 0 Å². The number of Topliss-reactive ketones (excluding diaryl/α,β-unsaturated/α-hetero) is 1. The molecule has 3 rings (SSSR count). The molecule has 0 fully saturated rings. The number of thiophene rings is 1. The molecule has 1 nitrogen and oxygen atoms in total. The Kier molecular flexibility index (Phi) is 3.75. The average molecular weight is 284 g/mol. The maximum Gasteiger partial charge on any atom is 0.177 e. The second kappa shape index (κ2) is 5.53. The van der Waals surface area contributed by atoms with Crippen LogP contribution in [0, 0.1) is 13.8 Å². The molecule has 2 aromatic rings. The lowest BCUT2D eigenvalue weighted by atomic mass is 9.96. The highest BCUT2D eigenvalue weighted by molar-refractivity contribution is 7.14. The van der Waals surface area contributed by atoms with Crippen LogP contribution in [0.15, 0.2) is 24.3 Å². The number of hydrogen-bond donors (Lipinski definition) is 0. The summed E-state index contributed by atoms with van der Waals surface area (Å²) in [4.78, 5) is 15.0. The van der Waals surface area contributed by atoms with Crippen molar-refractivity contribution < 1.29 is 4.79 Å². The molecular formula is C18H20OS. The van der Waals surface area contributed by atoms with Crippen LogP contribution in [0.1, 0.15) is 49.6 Å². The summed E-state index contributed by atoms with van der Waals surface area (Å²) in [6.07, 6.45) is 5.41. The van der Waals surface area contributed by atoms with Gasteiger partial charge in [0.25, 0.3) is 0 Å². The van der Waals surface area contributed by atoms with Crippen molar-refractivity contribution in [1.29, 1.82) is 0 Å². The lowest BCUT2D eigenvalue weighted by molar-refractivity contribution is 0.0996. The fourth-order valence-electron chi connectivity index (χ4n) is 3.00. The molecular weight excluding hydrogens is 264 g/mol. The molecule has 0 radical (unpaired) electrons. The van der Waals surface area contributed by atoms with Crippen LogP contribution >= 0.6 is 11.3 Å². The number of fused-ring (bicyclic) bond motifs is 1. The van der Waals surface area contributed by atoms with Gasteiger partial charge in [-0.1, -0.05) is 18.2 Å². The Bertz CT molecular complexity index is 608. The molecule has 1 aromatic heterocycles. The Morgan fingerprint density at radius 3 is 2.55 bits per heavy atom. The fourth-order valence-corrected chi connectivity index (χ4v) is 4.19. The van der Waals surface area contributed by atoms with E-state index in [4.69, 9.17) is 0 Å². The van der Waals surface area contributed by atoms with E-state index in [9.17, 15) is 4.79 Å². The molecule has 0 N–H and O–H groups in total. The third-order valence-corrected chi connectivity index (χ3v) is 5.53. The standard InChI is InChI=1S/C18H20OS/c1-12-6-5-7-13(2)15(12)11-16(19)18-10-14-8-3-4-9-17(14)20-18/h5-7,10H,3-4,8-9,11H2,1-2H3. The van der Waals surface area contributed by atoms with E-state index in [0.717, 1.165) is 17.7 Å². The topological polar surface area (TPSA) is 17.1 Å². The lowest BCUT2D eigenvalue weighted by Crippen LogP contribution is -2.04. The highest BCUT2D eigenvalue weighted by Crippen LogP contribution is 2.30. The van der Waals surface area contributed by atoms with Crippen LogP contribution in [0.2, 0.25) is 0 Å². The van der Waals surface area contributed by atoms with Gasteiger partial charge in [-0.25, -0.2) is 0 Å². The molecule has 0 saturated carbocycles. The first-order valence-corrected chi connectivity index (χ1v) is 8.16. The third-order valence-electron chi connectivity index (χ3n) is 4.25. The molecule has 1 aliphatic rings. The lowest BCUT2D eigenvalue weighted by Gasteiger charge is -2.08. The summed E-state index contributed by atoms with van der Waals surface area (Å²) in [7, 11) is 0. The van der Waals surface area contributed by atoms with Gasteiger partial charge in [0.05, 0.1) is 4.88 Å². The smallest absolute Gasteiger partial charge is 0.177 e. The van der Waals surface area contributed by atoms with Gasteiger partial charge < -0.3 is 0 Å². The predicted octanol–water partition coefficient (Wildman–Crippen LogP) is 4.67. The molecule has 0 atom stereocenters. The highest BCUT2D eigenvalue weighted by Gasteiger charge is 2.18. The Labute approximate surface area is 124 Å². The summed E-state index contributed by atoms with van der Waals surface area (Å²) in [6, 6.07) is 8.39. The van der Waals surface area contributed by atoms with Crippen LogP contribution in [0.25, 0.3) is 0 Å². The van der Waals surface area contributed by atoms with Crippen LogP contribution in [0.3, 0.4) is 0 Å². The second-order valence-corrected chi connectivity index (χ2v) is 6.87. The molecule has 0 saturated heterocycles. The van der Waals surface area contributed by atoms with E-state index in [1.807, 2.05) is 0 Å². The van der Waals surface area contributed by atoms with E-state index in [-0.39, 0.29) is 5.78 Å². The minimum atomic E-state index is 0.279. The maximum atomic E-state index is 12.5. The monoisotopic (exact) mass is 284 g/mol. The van der Waals surface area contributed by atoms with Crippen molar-refractivity contribution in [2.45, 2.75) is 46.0 Å². The number of carbonyl (C=O) groups excluding carboxylic acids is 1. The summed E-state index contributed by atoms with van der Waals surface area (Å²) in [6.45, 7) is 4.18. The first-order valence-electron chi connectivity index (χ1n) is 7.35. The molecule has 1 aliphatic carbocycles. The summed E-state index contributed by atoms with van der Waals surface area (Å²) in [5.74, 6) is 0.279. The number of benzene rings is 1. The average Bonchev–Trinajstić information content (AvgIpc) is 2.87. The highest BCUT2D eigenvalue weighted by atomic mass is 32.1. The van der Waals surface area contributed by atoms with Gasteiger partial charge in [-0.2, -0.15) is 0 Å². The molecule has 0 spiro atoms. The normalized spacial score (nSPS) is 14.1. The summed E-state index contributed by atoms with van der Waals surface area (Å²) >= 11 is 1.72. The summed E-state index contributed by atoms with van der Waals surface area (Å²) in [5.41, 5.74) is 5.06. The molecule has 0 amide bonds. The van der Waals surface area contributed by atoms with E-state index >= 15 is 0 Å². The first kappa shape index (κ1) is 13.6. The van der Waals surface area contributed by atoms with Crippen molar-refractivity contribution in [2.24, 2.45) is 0 Å². The van der Waals surface area contributed by atoms with Crippen molar-refractivity contribution in [3.63, 3.8) is 0 Å². The number of hydrogen-bond acceptors (Lipinski definition) is 2. The van der Waals surface area contributed by atoms with Gasteiger partial charge in [0, 0.05) is 11.3 Å². The van der Waals surface area contributed by atoms with Gasteiger partial charge in [0.15, 0.2) is 5.78 Å². The van der Waals surface area contributed by atoms with Gasteiger partial charge >= 0.3 is 0 Å². The minimum Gasteiger partial charge on any atom is -0.293 e. The number of ketones is 1. The Hall–Kier alpha value is -1.41. The van der Waals surface area contributed by atoms with Gasteiger partial charge in [0.1, 0.15) is 0 Å². The first-order chi connectivity index (χ1) is 9.65. The van der Waals surface area contributed by atoms with Crippen LogP contribution in [-0.4, -0.2) is 5.78 Å². The number of rotatable bonds is 3. The van der Waals surface area contributed by atoms with Gasteiger partial charge in [-0.05, 0) is 67.9 Å². The molecule has 0 unspecified atom stereocenters. The Morgan fingerprint density at radius 1 is 1.15 bits per heavy atom. The van der Waals surface area contributed by atoms with Gasteiger partial charge in [-0.3, -0.25) is 4.79 Å². The summed E-state index contributed by atoms with van der Waals surface area (Å²) < 4.78 is 0. The molecule has 104 valence electrons. The maximum absolute atomic E-state index is 12.5. The largest absolute Gasteiger partial charge is 0.293 e. The van der Waals surface area contributed by atoms with Crippen molar-refractivity contribution in [1.82, 2.24) is 0 Å². The van der Waals surface area contributed by atoms with Crippen LogP contribution in [0.5, 0.6) is 0 Å². The number of aryl methyl sites for hydroxylation is 4. The van der Waals surface area contributed by atoms with Crippen molar-refractivity contribution in [3.05, 3.63) is 56.3 Å². The third kappa shape index (κ3) is 2.57. The van der Waals surface area contributed by atoms with E-state index in [1.54, 1.807) is 11.3 Å². The molecule has 1 heterocycles. The summed E-state index contributed by atoms with van der Waals surface area (Å²) in [5, 5.41) is 0. The van der Waals surface area contributed by atoms with Gasteiger partial charge in [0.2, 0.25) is 0 Å². The van der Waals surface area contributed by atoms with E-state index in [2.05, 4.69) is 38.1 Å². The Balaban J connectivity index is 1.84. The zero-order valence-electron chi connectivity index (χ0n) is 12.2. The molecule has 20 heavy (non-hydrogen) atoms. The predicted molar refractivity (Wildman–Crippen MR) is 84.9 cm³/mol. The molecule has 2 heteroatoms. The minimum absolute atomic E-state index is 0.279. The SMILES string of the molecule is Cc1cccc(C)c1CC(=O)c1cc2c(s1)CCCC2. The zero-order chi connectivity index (χ0) is 14.1. The molecule has 1 aromatic carbocycles.